The molecule has 0 saturated heterocycles. The SMILES string of the molecule is CCCC(=O)N1Cc2cccc(c2)S(=O)(=O)Nc2nc(cc(-c3c(C)cccc3C)n2)OC[C@H]1CC(C)C. The first kappa shape index (κ1) is 27.6. The number of carbonyl (C=O) groups is 1. The van der Waals surface area contributed by atoms with Gasteiger partial charge in [0.15, 0.2) is 0 Å². The number of benzene rings is 2. The number of ether oxygens (including phenoxy) is 1. The number of sulfonamides is 1. The van der Waals surface area contributed by atoms with Crippen LogP contribution in [0.3, 0.4) is 0 Å². The molecule has 0 saturated carbocycles. The fraction of sp³-hybridized carbons (Fsp3) is 0.414. The van der Waals surface area contributed by atoms with E-state index in [9.17, 15) is 13.2 Å². The lowest BCUT2D eigenvalue weighted by molar-refractivity contribution is -0.135. The van der Waals surface area contributed by atoms with E-state index in [0.717, 1.165) is 35.1 Å². The van der Waals surface area contributed by atoms with E-state index in [2.05, 4.69) is 28.5 Å². The van der Waals surface area contributed by atoms with Crippen LogP contribution in [0.15, 0.2) is 53.4 Å². The molecule has 1 amide bonds. The highest BCUT2D eigenvalue weighted by Gasteiger charge is 2.27. The normalized spacial score (nSPS) is 17.0. The van der Waals surface area contributed by atoms with Crippen LogP contribution in [0.2, 0.25) is 0 Å². The first-order valence-electron chi connectivity index (χ1n) is 13.1. The Bertz CT molecular complexity index is 1400. The number of nitrogens with zero attached hydrogens (tertiary/aromatic N) is 3. The summed E-state index contributed by atoms with van der Waals surface area (Å²) in [6.45, 7) is 10.7. The van der Waals surface area contributed by atoms with Crippen molar-refractivity contribution in [1.82, 2.24) is 14.9 Å². The maximum atomic E-state index is 13.4. The molecule has 1 atom stereocenters. The minimum absolute atomic E-state index is 0.0163. The van der Waals surface area contributed by atoms with Gasteiger partial charge in [0.05, 0.1) is 16.6 Å². The van der Waals surface area contributed by atoms with Gasteiger partial charge in [0.2, 0.25) is 17.7 Å². The van der Waals surface area contributed by atoms with Crippen molar-refractivity contribution >= 4 is 21.9 Å². The number of fused-ring (bicyclic) bond motifs is 4. The zero-order valence-electron chi connectivity index (χ0n) is 22.7. The highest BCUT2D eigenvalue weighted by Crippen LogP contribution is 2.30. The zero-order valence-corrected chi connectivity index (χ0v) is 23.5. The van der Waals surface area contributed by atoms with Gasteiger partial charge in [-0.05, 0) is 61.4 Å². The minimum atomic E-state index is -3.99. The molecular weight excluding hydrogens is 500 g/mol. The van der Waals surface area contributed by atoms with Gasteiger partial charge in [0, 0.05) is 24.6 Å². The summed E-state index contributed by atoms with van der Waals surface area (Å²) in [7, 11) is -3.99. The molecule has 0 unspecified atom stereocenters. The van der Waals surface area contributed by atoms with Gasteiger partial charge < -0.3 is 9.64 Å². The lowest BCUT2D eigenvalue weighted by Gasteiger charge is -2.33. The molecule has 2 aromatic carbocycles. The van der Waals surface area contributed by atoms with Gasteiger partial charge in [0.1, 0.15) is 6.61 Å². The minimum Gasteiger partial charge on any atom is -0.475 e. The van der Waals surface area contributed by atoms with E-state index < -0.39 is 10.0 Å². The maximum absolute atomic E-state index is 13.4. The Morgan fingerprint density at radius 3 is 2.50 bits per heavy atom. The van der Waals surface area contributed by atoms with Gasteiger partial charge in [-0.15, -0.1) is 0 Å². The van der Waals surface area contributed by atoms with Gasteiger partial charge >= 0.3 is 0 Å². The number of rotatable bonds is 5. The van der Waals surface area contributed by atoms with Crippen molar-refractivity contribution < 1.29 is 17.9 Å². The van der Waals surface area contributed by atoms with Crippen LogP contribution in [-0.4, -0.2) is 41.8 Å². The van der Waals surface area contributed by atoms with E-state index in [0.29, 0.717) is 24.6 Å². The Morgan fingerprint density at radius 1 is 1.11 bits per heavy atom. The van der Waals surface area contributed by atoms with Gasteiger partial charge in [0.25, 0.3) is 10.0 Å². The Morgan fingerprint density at radius 2 is 1.82 bits per heavy atom. The molecule has 4 bridgehead atoms. The quantitative estimate of drug-likeness (QED) is 0.462. The molecule has 9 heteroatoms. The van der Waals surface area contributed by atoms with Crippen molar-refractivity contribution in [2.45, 2.75) is 71.4 Å². The Balaban J connectivity index is 1.88. The Kier molecular flexibility index (Phi) is 8.35. The second kappa shape index (κ2) is 11.5. The lowest BCUT2D eigenvalue weighted by Crippen LogP contribution is -2.44. The fourth-order valence-electron chi connectivity index (χ4n) is 4.87. The summed E-state index contributed by atoms with van der Waals surface area (Å²) in [5.41, 5.74) is 4.19. The molecule has 0 spiro atoms. The maximum Gasteiger partial charge on any atom is 0.264 e. The summed E-state index contributed by atoms with van der Waals surface area (Å²) in [4.78, 5) is 24.2. The molecule has 1 N–H and O–H groups in total. The van der Waals surface area contributed by atoms with Crippen molar-refractivity contribution in [3.05, 3.63) is 65.2 Å². The molecule has 0 fully saturated rings. The van der Waals surface area contributed by atoms with Crippen LogP contribution in [0, 0.1) is 19.8 Å². The summed E-state index contributed by atoms with van der Waals surface area (Å²) in [5, 5.41) is 0. The van der Waals surface area contributed by atoms with Crippen LogP contribution in [-0.2, 0) is 21.4 Å². The number of aromatic nitrogens is 2. The standard InChI is InChI=1S/C29H36N4O4S/c1-6-9-27(34)33-17-22-12-8-13-24(15-22)38(35,36)32-29-30-25(28-20(4)10-7-11-21(28)5)16-26(31-29)37-18-23(33)14-19(2)3/h7-8,10-13,15-16,19,23H,6,9,14,17-18H2,1-5H3,(H,30,31,32)/t23-/m1/s1. The monoisotopic (exact) mass is 536 g/mol. The number of anilines is 1. The van der Waals surface area contributed by atoms with Crippen molar-refractivity contribution in [3.63, 3.8) is 0 Å². The third kappa shape index (κ3) is 6.32. The zero-order chi connectivity index (χ0) is 27.4. The van der Waals surface area contributed by atoms with Crippen molar-refractivity contribution in [2.24, 2.45) is 5.92 Å². The second-order valence-corrected chi connectivity index (χ2v) is 12.0. The van der Waals surface area contributed by atoms with Crippen LogP contribution in [0.5, 0.6) is 5.88 Å². The summed E-state index contributed by atoms with van der Waals surface area (Å²) in [6, 6.07) is 14.1. The first-order chi connectivity index (χ1) is 18.1. The van der Waals surface area contributed by atoms with Crippen molar-refractivity contribution in [1.29, 1.82) is 0 Å². The van der Waals surface area contributed by atoms with Crippen molar-refractivity contribution in [3.8, 4) is 17.1 Å². The summed E-state index contributed by atoms with van der Waals surface area (Å²) >= 11 is 0. The summed E-state index contributed by atoms with van der Waals surface area (Å²) < 4.78 is 35.5. The number of hydrogen-bond acceptors (Lipinski definition) is 6. The highest BCUT2D eigenvalue weighted by atomic mass is 32.2. The van der Waals surface area contributed by atoms with Crippen LogP contribution in [0.25, 0.3) is 11.3 Å². The molecule has 1 aliphatic heterocycles. The number of aryl methyl sites for hydroxylation is 2. The van der Waals surface area contributed by atoms with Gasteiger partial charge in [-0.2, -0.15) is 4.98 Å². The summed E-state index contributed by atoms with van der Waals surface area (Å²) in [6.07, 6.45) is 1.85. The van der Waals surface area contributed by atoms with Gasteiger partial charge in [-0.25, -0.2) is 18.1 Å². The summed E-state index contributed by atoms with van der Waals surface area (Å²) in [5.74, 6) is 0.514. The molecule has 202 valence electrons. The lowest BCUT2D eigenvalue weighted by atomic mass is 10.00. The average molecular weight is 537 g/mol. The van der Waals surface area contributed by atoms with Gasteiger partial charge in [-0.1, -0.05) is 51.1 Å². The molecule has 4 rings (SSSR count). The molecular formula is C29H36N4O4S. The van der Waals surface area contributed by atoms with Crippen LogP contribution in [0.1, 0.15) is 56.7 Å². The molecule has 0 aliphatic carbocycles. The fourth-order valence-corrected chi connectivity index (χ4v) is 5.88. The van der Waals surface area contributed by atoms with Crippen molar-refractivity contribution in [2.75, 3.05) is 11.3 Å². The molecule has 38 heavy (non-hydrogen) atoms. The van der Waals surface area contributed by atoms with Gasteiger partial charge in [-0.3, -0.25) is 4.79 Å². The van der Waals surface area contributed by atoms with Crippen LogP contribution >= 0.6 is 0 Å². The predicted octanol–water partition coefficient (Wildman–Crippen LogP) is 5.50. The third-order valence-corrected chi connectivity index (χ3v) is 7.95. The van der Waals surface area contributed by atoms with Crippen LogP contribution in [0.4, 0.5) is 5.95 Å². The molecule has 2 heterocycles. The Labute approximate surface area is 225 Å². The molecule has 8 nitrogen and oxygen atoms in total. The average Bonchev–Trinajstić information content (AvgIpc) is 2.84. The molecule has 0 radical (unpaired) electrons. The van der Waals surface area contributed by atoms with E-state index in [4.69, 9.17) is 4.74 Å². The van der Waals surface area contributed by atoms with E-state index >= 15 is 0 Å². The number of carbonyl (C=O) groups excluding carboxylic acids is 1. The van der Waals surface area contributed by atoms with E-state index in [1.165, 1.54) is 6.07 Å². The highest BCUT2D eigenvalue weighted by molar-refractivity contribution is 7.92. The topological polar surface area (TPSA) is 101 Å². The van der Waals surface area contributed by atoms with E-state index in [-0.39, 0.29) is 35.3 Å². The first-order valence-corrected chi connectivity index (χ1v) is 14.6. The van der Waals surface area contributed by atoms with E-state index in [1.54, 1.807) is 18.2 Å². The molecule has 3 aromatic rings. The second-order valence-electron chi connectivity index (χ2n) is 10.3. The smallest absolute Gasteiger partial charge is 0.264 e. The largest absolute Gasteiger partial charge is 0.475 e. The van der Waals surface area contributed by atoms with Crippen LogP contribution < -0.4 is 9.46 Å². The molecule has 1 aliphatic rings. The number of nitrogens with one attached hydrogen (secondary N) is 1. The predicted molar refractivity (Wildman–Crippen MR) is 148 cm³/mol. The number of amides is 1. The number of hydrogen-bond donors (Lipinski definition) is 1. The van der Waals surface area contributed by atoms with E-state index in [1.807, 2.05) is 49.9 Å². The third-order valence-electron chi connectivity index (χ3n) is 6.62. The molecule has 1 aromatic heterocycles. The Hall–Kier alpha value is -3.46.